The zero-order chi connectivity index (χ0) is 17.9. The van der Waals surface area contributed by atoms with E-state index in [1.54, 1.807) is 6.20 Å². The summed E-state index contributed by atoms with van der Waals surface area (Å²) in [7, 11) is 0. The van der Waals surface area contributed by atoms with Crippen LogP contribution in [-0.2, 0) is 6.61 Å². The first kappa shape index (κ1) is 18.7. The van der Waals surface area contributed by atoms with Crippen molar-refractivity contribution in [1.82, 2.24) is 9.97 Å². The Morgan fingerprint density at radius 2 is 2.08 bits per heavy atom. The van der Waals surface area contributed by atoms with Gasteiger partial charge in [-0.05, 0) is 30.5 Å². The van der Waals surface area contributed by atoms with E-state index in [2.05, 4.69) is 22.2 Å². The van der Waals surface area contributed by atoms with E-state index in [1.165, 1.54) is 0 Å². The summed E-state index contributed by atoms with van der Waals surface area (Å²) in [6.07, 6.45) is 8.28. The molecule has 0 aliphatic carbocycles. The number of nitrogens with zero attached hydrogens (tertiary/aromatic N) is 2. The number of allylic oxidation sites excluding steroid dienone is 1. The average molecular weight is 342 g/mol. The number of aliphatic hydroxyl groups excluding tert-OH is 1. The van der Waals surface area contributed by atoms with Crippen molar-refractivity contribution < 1.29 is 9.84 Å². The number of hydrogen-bond donors (Lipinski definition) is 3. The molecule has 0 spiro atoms. The minimum Gasteiger partial charge on any atom is -0.483 e. The molecular weight excluding hydrogens is 316 g/mol. The summed E-state index contributed by atoms with van der Waals surface area (Å²) in [5, 5.41) is 12.2. The standard InChI is InChI=1S/C19H26N4O2/c1-2-6-15(10-12-24)9-11-21-18-17(13-22-19(20)23-18)25-14-16-7-4-3-5-8-16/h3-5,7-9,11,13,15,24H,2,6,10,12,14H2,1H3,(H3,20,21,22,23)/b11-9+/t15-/m0/s1. The first-order valence-electron chi connectivity index (χ1n) is 8.56. The van der Waals surface area contributed by atoms with E-state index in [9.17, 15) is 0 Å². The predicted molar refractivity (Wildman–Crippen MR) is 100 cm³/mol. The molecule has 0 aliphatic rings. The Balaban J connectivity index is 2.02. The first-order valence-corrected chi connectivity index (χ1v) is 8.56. The molecule has 0 saturated heterocycles. The second kappa shape index (κ2) is 10.3. The van der Waals surface area contributed by atoms with E-state index in [0.717, 1.165) is 24.8 Å². The maximum atomic E-state index is 9.13. The quantitative estimate of drug-likeness (QED) is 0.613. The molecule has 1 aromatic carbocycles. The Morgan fingerprint density at radius 3 is 2.80 bits per heavy atom. The van der Waals surface area contributed by atoms with Gasteiger partial charge in [0.25, 0.3) is 0 Å². The molecule has 1 heterocycles. The number of ether oxygens (including phenoxy) is 1. The van der Waals surface area contributed by atoms with Gasteiger partial charge in [-0.2, -0.15) is 4.98 Å². The highest BCUT2D eigenvalue weighted by molar-refractivity contribution is 5.52. The van der Waals surface area contributed by atoms with E-state index >= 15 is 0 Å². The highest BCUT2D eigenvalue weighted by Crippen LogP contribution is 2.23. The Kier molecular flexibility index (Phi) is 7.72. The molecule has 0 unspecified atom stereocenters. The van der Waals surface area contributed by atoms with E-state index in [1.807, 2.05) is 42.6 Å². The summed E-state index contributed by atoms with van der Waals surface area (Å²) >= 11 is 0. The zero-order valence-corrected chi connectivity index (χ0v) is 14.6. The molecule has 25 heavy (non-hydrogen) atoms. The summed E-state index contributed by atoms with van der Waals surface area (Å²) in [6.45, 7) is 2.74. The molecule has 2 aromatic rings. The van der Waals surface area contributed by atoms with Gasteiger partial charge in [0, 0.05) is 6.61 Å². The smallest absolute Gasteiger partial charge is 0.222 e. The molecule has 6 heteroatoms. The lowest BCUT2D eigenvalue weighted by atomic mass is 10.0. The summed E-state index contributed by atoms with van der Waals surface area (Å²) in [6, 6.07) is 9.89. The number of hydrogen-bond acceptors (Lipinski definition) is 6. The molecule has 0 aliphatic heterocycles. The van der Waals surface area contributed by atoms with Gasteiger partial charge in [-0.3, -0.25) is 0 Å². The fourth-order valence-electron chi connectivity index (χ4n) is 2.47. The van der Waals surface area contributed by atoms with Crippen molar-refractivity contribution in [3.05, 3.63) is 54.4 Å². The van der Waals surface area contributed by atoms with Crippen molar-refractivity contribution in [1.29, 1.82) is 0 Å². The third kappa shape index (κ3) is 6.43. The largest absolute Gasteiger partial charge is 0.483 e. The number of anilines is 2. The van der Waals surface area contributed by atoms with Crippen LogP contribution in [0.15, 0.2) is 48.8 Å². The van der Waals surface area contributed by atoms with Crippen LogP contribution in [0.4, 0.5) is 11.8 Å². The van der Waals surface area contributed by atoms with Crippen molar-refractivity contribution in [2.45, 2.75) is 32.8 Å². The lowest BCUT2D eigenvalue weighted by molar-refractivity contribution is 0.266. The van der Waals surface area contributed by atoms with Gasteiger partial charge >= 0.3 is 0 Å². The van der Waals surface area contributed by atoms with Crippen molar-refractivity contribution in [2.24, 2.45) is 5.92 Å². The van der Waals surface area contributed by atoms with Gasteiger partial charge in [0.05, 0.1) is 6.20 Å². The number of nitrogen functional groups attached to an aromatic ring is 1. The van der Waals surface area contributed by atoms with Gasteiger partial charge < -0.3 is 20.9 Å². The summed E-state index contributed by atoms with van der Waals surface area (Å²) in [5.41, 5.74) is 6.75. The van der Waals surface area contributed by atoms with Crippen LogP contribution in [0.1, 0.15) is 31.7 Å². The van der Waals surface area contributed by atoms with Crippen molar-refractivity contribution in [3.63, 3.8) is 0 Å². The molecule has 1 aromatic heterocycles. The summed E-state index contributed by atoms with van der Waals surface area (Å²) in [5.74, 6) is 1.58. The Labute approximate surface area is 148 Å². The number of aromatic nitrogens is 2. The molecule has 134 valence electrons. The highest BCUT2D eigenvalue weighted by atomic mass is 16.5. The maximum absolute atomic E-state index is 9.13. The second-order valence-corrected chi connectivity index (χ2v) is 5.78. The van der Waals surface area contributed by atoms with Crippen LogP contribution in [0.3, 0.4) is 0 Å². The van der Waals surface area contributed by atoms with Gasteiger partial charge in [-0.1, -0.05) is 49.8 Å². The molecule has 0 saturated carbocycles. The van der Waals surface area contributed by atoms with Crippen LogP contribution < -0.4 is 15.8 Å². The minimum atomic E-state index is 0.181. The molecule has 2 rings (SSSR count). The maximum Gasteiger partial charge on any atom is 0.222 e. The molecular formula is C19H26N4O2. The number of benzene rings is 1. The van der Waals surface area contributed by atoms with Gasteiger partial charge in [0.2, 0.25) is 5.95 Å². The SMILES string of the molecule is CCC[C@@H](/C=C/Nc1nc(N)ncc1OCc1ccccc1)CCO. The molecule has 0 amide bonds. The predicted octanol–water partition coefficient (Wildman–Crippen LogP) is 3.36. The highest BCUT2D eigenvalue weighted by Gasteiger charge is 2.07. The van der Waals surface area contributed by atoms with E-state index in [-0.39, 0.29) is 12.6 Å². The van der Waals surface area contributed by atoms with Crippen LogP contribution in [0.2, 0.25) is 0 Å². The lowest BCUT2D eigenvalue weighted by Gasteiger charge is -2.12. The fourth-order valence-corrected chi connectivity index (χ4v) is 2.47. The molecule has 0 bridgehead atoms. The molecule has 0 fully saturated rings. The third-order valence-electron chi connectivity index (χ3n) is 3.76. The lowest BCUT2D eigenvalue weighted by Crippen LogP contribution is -2.05. The van der Waals surface area contributed by atoms with Gasteiger partial charge in [0.15, 0.2) is 11.6 Å². The van der Waals surface area contributed by atoms with E-state index < -0.39 is 0 Å². The van der Waals surface area contributed by atoms with Crippen molar-refractivity contribution in [2.75, 3.05) is 17.7 Å². The zero-order valence-electron chi connectivity index (χ0n) is 14.6. The van der Waals surface area contributed by atoms with Crippen LogP contribution in [0.25, 0.3) is 0 Å². The number of aliphatic hydroxyl groups is 1. The molecule has 0 radical (unpaired) electrons. The fraction of sp³-hybridized carbons (Fsp3) is 0.368. The normalized spacial score (nSPS) is 12.2. The monoisotopic (exact) mass is 342 g/mol. The van der Waals surface area contributed by atoms with Crippen molar-refractivity contribution >= 4 is 11.8 Å². The van der Waals surface area contributed by atoms with Crippen LogP contribution >= 0.6 is 0 Å². The minimum absolute atomic E-state index is 0.181. The van der Waals surface area contributed by atoms with Gasteiger partial charge in [-0.25, -0.2) is 4.98 Å². The van der Waals surface area contributed by atoms with Crippen LogP contribution in [-0.4, -0.2) is 21.7 Å². The van der Waals surface area contributed by atoms with Gasteiger partial charge in [0.1, 0.15) is 6.61 Å². The van der Waals surface area contributed by atoms with Crippen LogP contribution in [0, 0.1) is 5.92 Å². The Hall–Kier alpha value is -2.60. The summed E-state index contributed by atoms with van der Waals surface area (Å²) in [4.78, 5) is 8.20. The third-order valence-corrected chi connectivity index (χ3v) is 3.76. The van der Waals surface area contributed by atoms with E-state index in [4.69, 9.17) is 15.6 Å². The van der Waals surface area contributed by atoms with E-state index in [0.29, 0.717) is 24.1 Å². The number of rotatable bonds is 10. The Morgan fingerprint density at radius 1 is 1.28 bits per heavy atom. The topological polar surface area (TPSA) is 93.3 Å². The second-order valence-electron chi connectivity index (χ2n) is 5.78. The van der Waals surface area contributed by atoms with Gasteiger partial charge in [-0.15, -0.1) is 0 Å². The Bertz CT molecular complexity index is 656. The van der Waals surface area contributed by atoms with Crippen LogP contribution in [0.5, 0.6) is 5.75 Å². The number of nitrogens with one attached hydrogen (secondary N) is 1. The molecule has 1 atom stereocenters. The first-order chi connectivity index (χ1) is 12.2. The number of nitrogens with two attached hydrogens (primary N) is 1. The summed E-state index contributed by atoms with van der Waals surface area (Å²) < 4.78 is 5.81. The molecule has 4 N–H and O–H groups in total. The average Bonchev–Trinajstić information content (AvgIpc) is 2.62. The molecule has 6 nitrogen and oxygen atoms in total. The van der Waals surface area contributed by atoms with Crippen molar-refractivity contribution in [3.8, 4) is 5.75 Å².